The van der Waals surface area contributed by atoms with E-state index in [1.807, 2.05) is 13.8 Å². The highest BCUT2D eigenvalue weighted by atomic mass is 32.2. The molecule has 0 aromatic heterocycles. The number of hydrogen-bond acceptors (Lipinski definition) is 7. The van der Waals surface area contributed by atoms with E-state index in [2.05, 4.69) is 15.6 Å². The third-order valence-electron chi connectivity index (χ3n) is 6.34. The number of carbonyl (C=O) groups excluding carboxylic acids is 4. The summed E-state index contributed by atoms with van der Waals surface area (Å²) in [6.07, 6.45) is 6.34. The third-order valence-corrected chi connectivity index (χ3v) is 7.31. The first-order chi connectivity index (χ1) is 17.4. The topological polar surface area (TPSA) is 194 Å². The summed E-state index contributed by atoms with van der Waals surface area (Å²) in [6.45, 7) is 4.56. The van der Waals surface area contributed by atoms with Crippen molar-refractivity contribution in [3.63, 3.8) is 0 Å². The quantitative estimate of drug-likeness (QED) is 0.0839. The Kier molecular flexibility index (Phi) is 14.2. The van der Waals surface area contributed by atoms with E-state index in [1.54, 1.807) is 0 Å². The van der Waals surface area contributed by atoms with Gasteiger partial charge in [0.25, 0.3) is 0 Å². The van der Waals surface area contributed by atoms with E-state index in [4.69, 9.17) is 11.5 Å². The molecule has 1 aliphatic heterocycles. The van der Waals surface area contributed by atoms with Crippen LogP contribution in [0, 0.1) is 5.92 Å². The lowest BCUT2D eigenvalue weighted by molar-refractivity contribution is -0.142. The highest BCUT2D eigenvalue weighted by molar-refractivity contribution is 7.90. The van der Waals surface area contributed by atoms with Gasteiger partial charge in [-0.15, -0.1) is 0 Å². The number of nitrogens with two attached hydrogens (primary N) is 2. The first kappa shape index (κ1) is 32.3. The van der Waals surface area contributed by atoms with Gasteiger partial charge in [0.1, 0.15) is 28.2 Å². The molecule has 1 aliphatic rings. The molecule has 1 saturated heterocycles. The zero-order valence-corrected chi connectivity index (χ0v) is 23.1. The van der Waals surface area contributed by atoms with Gasteiger partial charge in [0.2, 0.25) is 17.7 Å². The number of aldehydes is 1. The number of aliphatic imine (C=N–C) groups is 1. The molecule has 13 heteroatoms. The van der Waals surface area contributed by atoms with Gasteiger partial charge in [-0.1, -0.05) is 26.7 Å². The molecule has 0 saturated carbocycles. The number of nitrogens with one attached hydrogen (secondary N) is 2. The molecule has 6 N–H and O–H groups in total. The Labute approximate surface area is 220 Å². The molecule has 212 valence electrons. The van der Waals surface area contributed by atoms with Crippen molar-refractivity contribution >= 4 is 39.8 Å². The lowest BCUT2D eigenvalue weighted by Crippen LogP contribution is -2.55. The van der Waals surface area contributed by atoms with Crippen LogP contribution in [0.1, 0.15) is 71.6 Å². The lowest BCUT2D eigenvalue weighted by atomic mass is 9.96. The Morgan fingerprint density at radius 1 is 1.08 bits per heavy atom. The van der Waals surface area contributed by atoms with Crippen LogP contribution in [0.5, 0.6) is 0 Å². The van der Waals surface area contributed by atoms with Gasteiger partial charge >= 0.3 is 0 Å². The second-order valence-electron chi connectivity index (χ2n) is 9.64. The van der Waals surface area contributed by atoms with Crippen molar-refractivity contribution in [1.29, 1.82) is 0 Å². The first-order valence-corrected chi connectivity index (χ1v) is 15.1. The van der Waals surface area contributed by atoms with Crippen LogP contribution in [0.3, 0.4) is 0 Å². The molecule has 1 fully saturated rings. The van der Waals surface area contributed by atoms with Gasteiger partial charge in [-0.05, 0) is 44.9 Å². The standard InChI is InChI=1S/C24H44N6O6S/c1-4-8-17(9-5-2)21(32)29-19(12-15-37(3,35)36)23(34)30-14-7-11-20(30)22(33)28-18(16-31)10-6-13-27-24(25)26/h16-20H,4-15H2,1-3H3,(H,28,33)(H,29,32)(H4,25,26,27). The van der Waals surface area contributed by atoms with E-state index in [0.717, 1.165) is 19.1 Å². The predicted octanol–water partition coefficient (Wildman–Crippen LogP) is -0.149. The monoisotopic (exact) mass is 544 g/mol. The fourth-order valence-electron chi connectivity index (χ4n) is 4.46. The lowest BCUT2D eigenvalue weighted by Gasteiger charge is -2.30. The summed E-state index contributed by atoms with van der Waals surface area (Å²) in [5.41, 5.74) is 10.6. The zero-order chi connectivity index (χ0) is 28.0. The van der Waals surface area contributed by atoms with Crippen molar-refractivity contribution in [2.24, 2.45) is 22.4 Å². The number of hydrogen-bond donors (Lipinski definition) is 4. The van der Waals surface area contributed by atoms with Gasteiger partial charge in [0.05, 0.1) is 11.8 Å². The second kappa shape index (κ2) is 16.2. The molecule has 1 rings (SSSR count). The normalized spacial score (nSPS) is 17.2. The highest BCUT2D eigenvalue weighted by Crippen LogP contribution is 2.21. The van der Waals surface area contributed by atoms with Gasteiger partial charge in [0, 0.05) is 25.3 Å². The average molecular weight is 545 g/mol. The van der Waals surface area contributed by atoms with Crippen LogP contribution in [0.15, 0.2) is 4.99 Å². The molecule has 37 heavy (non-hydrogen) atoms. The first-order valence-electron chi connectivity index (χ1n) is 13.0. The molecule has 0 aromatic rings. The summed E-state index contributed by atoms with van der Waals surface area (Å²) in [5.74, 6) is -1.83. The summed E-state index contributed by atoms with van der Waals surface area (Å²) >= 11 is 0. The average Bonchev–Trinajstić information content (AvgIpc) is 3.32. The van der Waals surface area contributed by atoms with E-state index in [0.29, 0.717) is 57.9 Å². The molecule has 3 unspecified atom stereocenters. The zero-order valence-electron chi connectivity index (χ0n) is 22.3. The number of likely N-dealkylation sites (tertiary alicyclic amines) is 1. The molecule has 12 nitrogen and oxygen atoms in total. The van der Waals surface area contributed by atoms with E-state index in [1.165, 1.54) is 4.90 Å². The minimum Gasteiger partial charge on any atom is -0.370 e. The molecule has 0 spiro atoms. The predicted molar refractivity (Wildman–Crippen MR) is 142 cm³/mol. The Morgan fingerprint density at radius 2 is 1.73 bits per heavy atom. The summed E-state index contributed by atoms with van der Waals surface area (Å²) in [5, 5.41) is 5.45. The van der Waals surface area contributed by atoms with E-state index in [9.17, 15) is 27.6 Å². The highest BCUT2D eigenvalue weighted by Gasteiger charge is 2.38. The number of carbonyl (C=O) groups is 4. The maximum Gasteiger partial charge on any atom is 0.245 e. The molecule has 3 amide bonds. The Morgan fingerprint density at radius 3 is 2.27 bits per heavy atom. The van der Waals surface area contributed by atoms with Gasteiger partial charge in [-0.3, -0.25) is 19.4 Å². The smallest absolute Gasteiger partial charge is 0.245 e. The van der Waals surface area contributed by atoms with E-state index < -0.39 is 39.8 Å². The van der Waals surface area contributed by atoms with Gasteiger partial charge in [0.15, 0.2) is 5.96 Å². The van der Waals surface area contributed by atoms with E-state index in [-0.39, 0.29) is 30.0 Å². The Balaban J connectivity index is 2.96. The number of amides is 3. The van der Waals surface area contributed by atoms with Crippen molar-refractivity contribution in [1.82, 2.24) is 15.5 Å². The molecular weight excluding hydrogens is 500 g/mol. The Hall–Kier alpha value is -2.70. The van der Waals surface area contributed by atoms with Crippen LogP contribution in [-0.2, 0) is 29.0 Å². The molecule has 3 atom stereocenters. The van der Waals surface area contributed by atoms with Crippen molar-refractivity contribution in [2.45, 2.75) is 89.8 Å². The fraction of sp³-hybridized carbons (Fsp3) is 0.792. The second-order valence-corrected chi connectivity index (χ2v) is 11.9. The molecule has 1 heterocycles. The number of guanidine groups is 1. The van der Waals surface area contributed by atoms with Crippen LogP contribution in [-0.4, -0.2) is 86.5 Å². The number of sulfone groups is 1. The number of nitrogens with zero attached hydrogens (tertiary/aromatic N) is 2. The Bertz CT molecular complexity index is 899. The summed E-state index contributed by atoms with van der Waals surface area (Å²) in [7, 11) is -3.38. The molecular formula is C24H44N6O6S. The maximum atomic E-state index is 13.5. The summed E-state index contributed by atoms with van der Waals surface area (Å²) < 4.78 is 23.6. The SMILES string of the molecule is CCCC(CCC)C(=O)NC(CCS(C)(=O)=O)C(=O)N1CCCC1C(=O)NC(C=O)CCCN=C(N)N. The van der Waals surface area contributed by atoms with Crippen molar-refractivity contribution in [2.75, 3.05) is 25.1 Å². The van der Waals surface area contributed by atoms with Crippen LogP contribution >= 0.6 is 0 Å². The molecule has 0 bridgehead atoms. The summed E-state index contributed by atoms with van der Waals surface area (Å²) in [6, 6.07) is -2.63. The summed E-state index contributed by atoms with van der Waals surface area (Å²) in [4.78, 5) is 56.2. The minimum absolute atomic E-state index is 0.0555. The molecule has 0 radical (unpaired) electrons. The van der Waals surface area contributed by atoms with Gasteiger partial charge < -0.3 is 31.8 Å². The largest absolute Gasteiger partial charge is 0.370 e. The number of rotatable bonds is 17. The molecule has 0 aromatic carbocycles. The minimum atomic E-state index is -3.38. The third kappa shape index (κ3) is 11.9. The van der Waals surface area contributed by atoms with Gasteiger partial charge in [-0.25, -0.2) is 8.42 Å². The van der Waals surface area contributed by atoms with Crippen molar-refractivity contribution < 1.29 is 27.6 Å². The van der Waals surface area contributed by atoms with Crippen LogP contribution in [0.2, 0.25) is 0 Å². The van der Waals surface area contributed by atoms with E-state index >= 15 is 0 Å². The van der Waals surface area contributed by atoms with Crippen molar-refractivity contribution in [3.05, 3.63) is 0 Å². The van der Waals surface area contributed by atoms with Gasteiger partial charge in [-0.2, -0.15) is 0 Å². The van der Waals surface area contributed by atoms with Crippen LogP contribution in [0.4, 0.5) is 0 Å². The maximum absolute atomic E-state index is 13.5. The molecule has 0 aliphatic carbocycles. The van der Waals surface area contributed by atoms with Crippen LogP contribution in [0.25, 0.3) is 0 Å². The van der Waals surface area contributed by atoms with Crippen molar-refractivity contribution in [3.8, 4) is 0 Å². The fourth-order valence-corrected chi connectivity index (χ4v) is 5.12. The van der Waals surface area contributed by atoms with Crippen LogP contribution < -0.4 is 22.1 Å².